The largest absolute Gasteiger partial charge is 0.762 e. The first-order chi connectivity index (χ1) is 7.09. The van der Waals surface area contributed by atoms with Crippen LogP contribution in [-0.2, 0) is 4.79 Å². The van der Waals surface area contributed by atoms with E-state index in [0.29, 0.717) is 0 Å². The Morgan fingerprint density at radius 2 is 2.07 bits per heavy atom. The zero-order valence-corrected chi connectivity index (χ0v) is 8.59. The molecule has 1 rings (SSSR count). The fourth-order valence-corrected chi connectivity index (χ4v) is 1.55. The van der Waals surface area contributed by atoms with Crippen LogP contribution < -0.4 is 0 Å². The van der Waals surface area contributed by atoms with Gasteiger partial charge in [-0.2, -0.15) is 0 Å². The minimum atomic E-state index is -0.244. The van der Waals surface area contributed by atoms with E-state index >= 15 is 0 Å². The van der Waals surface area contributed by atoms with Gasteiger partial charge in [0.05, 0.1) is 0 Å². The second-order valence-corrected chi connectivity index (χ2v) is 3.55. The van der Waals surface area contributed by atoms with Gasteiger partial charge in [-0.05, 0) is 12.5 Å². The molecule has 1 aromatic carbocycles. The number of hydroxylamine groups is 2. The van der Waals surface area contributed by atoms with Crippen molar-refractivity contribution in [1.29, 1.82) is 0 Å². The van der Waals surface area contributed by atoms with Crippen LogP contribution in [0.25, 0.3) is 0 Å². The van der Waals surface area contributed by atoms with Crippen LogP contribution in [0.1, 0.15) is 24.8 Å². The number of carbonyl (C=O) groups excluding carboxylic acids is 1. The average Bonchev–Trinajstić information content (AvgIpc) is 2.17. The van der Waals surface area contributed by atoms with Gasteiger partial charge in [0.1, 0.15) is 5.78 Å². The molecule has 4 nitrogen and oxygen atoms in total. The van der Waals surface area contributed by atoms with Crippen LogP contribution >= 0.6 is 0 Å². The summed E-state index contributed by atoms with van der Waals surface area (Å²) in [6, 6.07) is 9.24. The van der Waals surface area contributed by atoms with Gasteiger partial charge >= 0.3 is 0 Å². The summed E-state index contributed by atoms with van der Waals surface area (Å²) < 4.78 is 0. The molecule has 0 bridgehead atoms. The number of hydrogen-bond donors (Lipinski definition) is 1. The Kier molecular flexibility index (Phi) is 4.42. The predicted molar refractivity (Wildman–Crippen MR) is 56.3 cm³/mol. The summed E-state index contributed by atoms with van der Waals surface area (Å²) in [5.74, 6) is -0.239. The molecular weight excluding hydrogens is 194 g/mol. The lowest BCUT2D eigenvalue weighted by Gasteiger charge is -2.25. The smallest absolute Gasteiger partial charge is 0.130 e. The van der Waals surface area contributed by atoms with Gasteiger partial charge in [-0.3, -0.25) is 5.23 Å². The standard InChI is InChI=1S/C11H14NO3/c1-9(13)7-11(8-12(14)15)10-5-3-2-4-6-10/h2-6,11,14H,7-8H2,1H3/q-1. The molecule has 0 aliphatic heterocycles. The molecule has 0 spiro atoms. The zero-order valence-electron chi connectivity index (χ0n) is 8.59. The average molecular weight is 208 g/mol. The number of hydrogen-bond acceptors (Lipinski definition) is 4. The first-order valence-corrected chi connectivity index (χ1v) is 4.77. The summed E-state index contributed by atoms with van der Waals surface area (Å²) in [4.78, 5) is 11.0. The highest BCUT2D eigenvalue weighted by atomic mass is 16.8. The maximum Gasteiger partial charge on any atom is 0.130 e. The maximum absolute atomic E-state index is 11.0. The Morgan fingerprint density at radius 1 is 1.47 bits per heavy atom. The highest BCUT2D eigenvalue weighted by molar-refractivity contribution is 5.76. The van der Waals surface area contributed by atoms with Crippen molar-refractivity contribution in [2.24, 2.45) is 0 Å². The van der Waals surface area contributed by atoms with Crippen LogP contribution in [0, 0.1) is 5.21 Å². The third-order valence-corrected chi connectivity index (χ3v) is 2.18. The number of carbonyl (C=O) groups is 1. The van der Waals surface area contributed by atoms with Crippen molar-refractivity contribution in [3.8, 4) is 0 Å². The van der Waals surface area contributed by atoms with Gasteiger partial charge in [0.15, 0.2) is 0 Å². The Labute approximate surface area is 88.7 Å². The molecule has 1 aromatic rings. The van der Waals surface area contributed by atoms with E-state index in [-0.39, 0.29) is 29.9 Å². The van der Waals surface area contributed by atoms with E-state index in [4.69, 9.17) is 5.21 Å². The second-order valence-electron chi connectivity index (χ2n) is 3.55. The van der Waals surface area contributed by atoms with Crippen LogP contribution in [0.5, 0.6) is 0 Å². The normalized spacial score (nSPS) is 12.8. The summed E-state index contributed by atoms with van der Waals surface area (Å²) in [7, 11) is 0. The lowest BCUT2D eigenvalue weighted by atomic mass is 9.94. The van der Waals surface area contributed by atoms with E-state index in [2.05, 4.69) is 0 Å². The molecule has 0 aliphatic rings. The topological polar surface area (TPSA) is 63.6 Å². The summed E-state index contributed by atoms with van der Waals surface area (Å²) in [6.45, 7) is 1.39. The van der Waals surface area contributed by atoms with Gasteiger partial charge in [0.2, 0.25) is 0 Å². The Bertz CT molecular complexity index is 311. The summed E-state index contributed by atoms with van der Waals surface area (Å²) in [6.07, 6.45) is 0.267. The highest BCUT2D eigenvalue weighted by Gasteiger charge is 2.13. The van der Waals surface area contributed by atoms with Crippen LogP contribution in [0.15, 0.2) is 30.3 Å². The number of ketones is 1. The molecule has 0 saturated heterocycles. The Balaban J connectivity index is 2.76. The van der Waals surface area contributed by atoms with E-state index in [0.717, 1.165) is 5.56 Å². The third kappa shape index (κ3) is 4.20. The van der Waals surface area contributed by atoms with Crippen molar-refractivity contribution >= 4 is 5.78 Å². The van der Waals surface area contributed by atoms with Crippen molar-refractivity contribution < 1.29 is 10.0 Å². The molecule has 0 heterocycles. The SMILES string of the molecule is CC(=O)CC(CN([O-])O)c1ccccc1. The van der Waals surface area contributed by atoms with Crippen LogP contribution in [0.4, 0.5) is 0 Å². The molecule has 1 atom stereocenters. The van der Waals surface area contributed by atoms with Crippen molar-refractivity contribution in [2.75, 3.05) is 6.54 Å². The molecule has 1 N–H and O–H groups in total. The highest BCUT2D eigenvalue weighted by Crippen LogP contribution is 2.20. The number of rotatable bonds is 5. The van der Waals surface area contributed by atoms with Gasteiger partial charge in [0, 0.05) is 18.9 Å². The third-order valence-electron chi connectivity index (χ3n) is 2.18. The first kappa shape index (κ1) is 11.8. The molecular formula is C11H14NO3-. The monoisotopic (exact) mass is 208 g/mol. The first-order valence-electron chi connectivity index (χ1n) is 4.77. The van der Waals surface area contributed by atoms with Crippen LogP contribution in [0.3, 0.4) is 0 Å². The van der Waals surface area contributed by atoms with Crippen LogP contribution in [-0.4, -0.2) is 22.8 Å². The summed E-state index contributed by atoms with van der Waals surface area (Å²) in [5.41, 5.74) is 0.891. The molecule has 0 saturated carbocycles. The zero-order chi connectivity index (χ0) is 11.3. The van der Waals surface area contributed by atoms with E-state index in [1.807, 2.05) is 30.3 Å². The van der Waals surface area contributed by atoms with Crippen molar-refractivity contribution in [1.82, 2.24) is 5.23 Å². The number of Topliss-reactive ketones (excluding diaryl/α,β-unsaturated/α-hetero) is 1. The molecule has 0 amide bonds. The van der Waals surface area contributed by atoms with Crippen molar-refractivity contribution in [3.05, 3.63) is 41.1 Å². The predicted octanol–water partition coefficient (Wildman–Crippen LogP) is 1.94. The Morgan fingerprint density at radius 3 is 2.53 bits per heavy atom. The summed E-state index contributed by atoms with van der Waals surface area (Å²) >= 11 is 0. The van der Waals surface area contributed by atoms with Gasteiger partial charge in [-0.25, -0.2) is 0 Å². The Hall–Kier alpha value is -1.23. The van der Waals surface area contributed by atoms with Crippen LogP contribution in [0.2, 0.25) is 0 Å². The van der Waals surface area contributed by atoms with Gasteiger partial charge in [-0.1, -0.05) is 30.3 Å². The van der Waals surface area contributed by atoms with E-state index in [9.17, 15) is 10.0 Å². The van der Waals surface area contributed by atoms with E-state index in [1.54, 1.807) is 0 Å². The van der Waals surface area contributed by atoms with Gasteiger partial charge < -0.3 is 15.2 Å². The van der Waals surface area contributed by atoms with E-state index < -0.39 is 0 Å². The molecule has 15 heavy (non-hydrogen) atoms. The fourth-order valence-electron chi connectivity index (χ4n) is 1.55. The second kappa shape index (κ2) is 5.60. The molecule has 0 radical (unpaired) electrons. The number of benzene rings is 1. The lowest BCUT2D eigenvalue weighted by molar-refractivity contribution is -0.118. The quantitative estimate of drug-likeness (QED) is 0.751. The van der Waals surface area contributed by atoms with Gasteiger partial charge in [0.25, 0.3) is 0 Å². The van der Waals surface area contributed by atoms with Gasteiger partial charge in [-0.15, -0.1) is 0 Å². The number of nitrogens with zero attached hydrogens (tertiary/aromatic N) is 1. The molecule has 0 aliphatic carbocycles. The molecule has 82 valence electrons. The van der Waals surface area contributed by atoms with Crippen molar-refractivity contribution in [2.45, 2.75) is 19.3 Å². The molecule has 1 unspecified atom stereocenters. The minimum absolute atomic E-state index is 0.00528. The lowest BCUT2D eigenvalue weighted by Crippen LogP contribution is -2.21. The summed E-state index contributed by atoms with van der Waals surface area (Å²) in [5, 5.41) is 19.1. The minimum Gasteiger partial charge on any atom is -0.762 e. The maximum atomic E-state index is 11.0. The van der Waals surface area contributed by atoms with Crippen molar-refractivity contribution in [3.63, 3.8) is 0 Å². The van der Waals surface area contributed by atoms with E-state index in [1.165, 1.54) is 6.92 Å². The molecule has 0 fully saturated rings. The molecule has 0 aromatic heterocycles. The fraction of sp³-hybridized carbons (Fsp3) is 0.364. The molecule has 4 heteroatoms.